The predicted molar refractivity (Wildman–Crippen MR) is 97.3 cm³/mol. The molecule has 1 saturated heterocycles. The van der Waals surface area contributed by atoms with Gasteiger partial charge in [-0.15, -0.1) is 0 Å². The van der Waals surface area contributed by atoms with Crippen molar-refractivity contribution in [1.82, 2.24) is 19.9 Å². The van der Waals surface area contributed by atoms with Crippen LogP contribution in [0.25, 0.3) is 0 Å². The molecule has 2 aromatic rings. The van der Waals surface area contributed by atoms with Crippen molar-refractivity contribution < 1.29 is 9.53 Å². The van der Waals surface area contributed by atoms with Crippen molar-refractivity contribution in [1.29, 1.82) is 0 Å². The highest BCUT2D eigenvalue weighted by Gasteiger charge is 2.45. The van der Waals surface area contributed by atoms with Crippen LogP contribution >= 0.6 is 0 Å². The van der Waals surface area contributed by atoms with Crippen molar-refractivity contribution in [3.8, 4) is 5.88 Å². The summed E-state index contributed by atoms with van der Waals surface area (Å²) in [6, 6.07) is 3.59. The molecule has 1 atom stereocenters. The third-order valence-electron chi connectivity index (χ3n) is 5.51. The smallest absolute Gasteiger partial charge is 0.259 e. The van der Waals surface area contributed by atoms with Crippen LogP contribution in [0.4, 0.5) is 0 Å². The van der Waals surface area contributed by atoms with Gasteiger partial charge in [-0.25, -0.2) is 15.0 Å². The molecule has 4 rings (SSSR count). The van der Waals surface area contributed by atoms with Gasteiger partial charge in [0, 0.05) is 30.9 Å². The number of piperidine rings is 1. The van der Waals surface area contributed by atoms with Crippen LogP contribution in [0.5, 0.6) is 5.88 Å². The number of hydrogen-bond donors (Lipinski definition) is 0. The zero-order valence-corrected chi connectivity index (χ0v) is 15.4. The Kier molecular flexibility index (Phi) is 4.34. The quantitative estimate of drug-likeness (QED) is 0.849. The van der Waals surface area contributed by atoms with Crippen molar-refractivity contribution >= 4 is 5.91 Å². The lowest BCUT2D eigenvalue weighted by Gasteiger charge is -2.40. The van der Waals surface area contributed by atoms with E-state index in [0.29, 0.717) is 24.6 Å². The first-order chi connectivity index (χ1) is 12.6. The van der Waals surface area contributed by atoms with E-state index in [-0.39, 0.29) is 11.3 Å². The van der Waals surface area contributed by atoms with E-state index in [9.17, 15) is 4.79 Å². The van der Waals surface area contributed by atoms with Crippen LogP contribution in [0.1, 0.15) is 53.6 Å². The van der Waals surface area contributed by atoms with E-state index in [1.165, 1.54) is 5.56 Å². The fraction of sp³-hybridized carbons (Fsp3) is 0.500. The standard InChI is InChI=1S/C20H24N4O2/c1-3-26-18-16(6-4-10-21-18)19(25)24-11-5-8-20(13-24)9-7-15-12-22-14(2)23-17(15)20/h4,6,10,12H,3,5,7-9,11,13H2,1-2H3. The molecule has 1 spiro atoms. The van der Waals surface area contributed by atoms with E-state index in [2.05, 4.69) is 9.97 Å². The van der Waals surface area contributed by atoms with Gasteiger partial charge in [0.25, 0.3) is 5.91 Å². The number of aromatic nitrogens is 3. The van der Waals surface area contributed by atoms with Gasteiger partial charge in [0.2, 0.25) is 5.88 Å². The highest BCUT2D eigenvalue weighted by atomic mass is 16.5. The first-order valence-corrected chi connectivity index (χ1v) is 9.33. The van der Waals surface area contributed by atoms with E-state index in [1.807, 2.05) is 24.9 Å². The van der Waals surface area contributed by atoms with Gasteiger partial charge in [-0.2, -0.15) is 0 Å². The summed E-state index contributed by atoms with van der Waals surface area (Å²) in [5, 5.41) is 0. The lowest BCUT2D eigenvalue weighted by molar-refractivity contribution is 0.0628. The summed E-state index contributed by atoms with van der Waals surface area (Å²) in [5.74, 6) is 1.23. The molecule has 1 fully saturated rings. The van der Waals surface area contributed by atoms with Crippen molar-refractivity contribution in [2.75, 3.05) is 19.7 Å². The van der Waals surface area contributed by atoms with Gasteiger partial charge in [-0.1, -0.05) is 0 Å². The van der Waals surface area contributed by atoms with Gasteiger partial charge in [-0.05, 0) is 57.2 Å². The molecule has 0 N–H and O–H groups in total. The normalized spacial score (nSPS) is 21.7. The molecule has 6 heteroatoms. The SMILES string of the molecule is CCOc1ncccc1C(=O)N1CCCC2(CCc3cnc(C)nc32)C1. The molecule has 26 heavy (non-hydrogen) atoms. The summed E-state index contributed by atoms with van der Waals surface area (Å²) in [6.07, 6.45) is 7.71. The minimum Gasteiger partial charge on any atom is -0.477 e. The molecule has 0 saturated carbocycles. The van der Waals surface area contributed by atoms with Crippen LogP contribution in [-0.2, 0) is 11.8 Å². The summed E-state index contributed by atoms with van der Waals surface area (Å²) >= 11 is 0. The van der Waals surface area contributed by atoms with Crippen molar-refractivity contribution in [2.45, 2.75) is 44.9 Å². The number of amides is 1. The van der Waals surface area contributed by atoms with E-state index >= 15 is 0 Å². The third kappa shape index (κ3) is 2.83. The fourth-order valence-electron chi connectivity index (χ4n) is 4.31. The molecule has 1 aliphatic heterocycles. The second-order valence-corrected chi connectivity index (χ2v) is 7.19. The average molecular weight is 352 g/mol. The van der Waals surface area contributed by atoms with Crippen LogP contribution in [-0.4, -0.2) is 45.5 Å². The first kappa shape index (κ1) is 16.9. The number of rotatable bonds is 3. The van der Waals surface area contributed by atoms with E-state index in [1.54, 1.807) is 18.3 Å². The Morgan fingerprint density at radius 2 is 2.23 bits per heavy atom. The number of hydrogen-bond acceptors (Lipinski definition) is 5. The number of aryl methyl sites for hydroxylation is 2. The molecule has 1 unspecified atom stereocenters. The van der Waals surface area contributed by atoms with E-state index in [4.69, 9.17) is 9.72 Å². The molecule has 0 radical (unpaired) electrons. The molecule has 2 aromatic heterocycles. The fourth-order valence-corrected chi connectivity index (χ4v) is 4.31. The van der Waals surface area contributed by atoms with Crippen LogP contribution in [0.2, 0.25) is 0 Å². The molecule has 136 valence electrons. The zero-order valence-electron chi connectivity index (χ0n) is 15.4. The molecule has 2 aliphatic rings. The van der Waals surface area contributed by atoms with Crippen LogP contribution in [0.15, 0.2) is 24.5 Å². The van der Waals surface area contributed by atoms with Gasteiger partial charge in [0.1, 0.15) is 11.4 Å². The molecule has 6 nitrogen and oxygen atoms in total. The Labute approximate surface area is 153 Å². The molecule has 0 bridgehead atoms. The Hall–Kier alpha value is -2.50. The number of carbonyl (C=O) groups is 1. The van der Waals surface area contributed by atoms with Crippen molar-refractivity contribution in [2.24, 2.45) is 0 Å². The lowest BCUT2D eigenvalue weighted by Crippen LogP contribution is -2.48. The maximum Gasteiger partial charge on any atom is 0.259 e. The number of ether oxygens (including phenoxy) is 1. The van der Waals surface area contributed by atoms with Gasteiger partial charge in [0.05, 0.1) is 12.3 Å². The second-order valence-electron chi connectivity index (χ2n) is 7.19. The lowest BCUT2D eigenvalue weighted by atomic mass is 9.77. The summed E-state index contributed by atoms with van der Waals surface area (Å²) in [7, 11) is 0. The minimum atomic E-state index is -0.0368. The van der Waals surface area contributed by atoms with Crippen LogP contribution < -0.4 is 4.74 Å². The summed E-state index contributed by atoms with van der Waals surface area (Å²) in [5.41, 5.74) is 2.90. The molecule has 1 amide bonds. The molecule has 3 heterocycles. The minimum absolute atomic E-state index is 0.000136. The highest BCUT2D eigenvalue weighted by molar-refractivity contribution is 5.96. The second kappa shape index (κ2) is 6.67. The van der Waals surface area contributed by atoms with Gasteiger partial charge in [-0.3, -0.25) is 4.79 Å². The largest absolute Gasteiger partial charge is 0.477 e. The summed E-state index contributed by atoms with van der Waals surface area (Å²) in [6.45, 7) is 5.79. The summed E-state index contributed by atoms with van der Waals surface area (Å²) in [4.78, 5) is 28.5. The maximum atomic E-state index is 13.2. The number of fused-ring (bicyclic) bond motifs is 2. The Bertz CT molecular complexity index is 834. The third-order valence-corrected chi connectivity index (χ3v) is 5.51. The number of carbonyl (C=O) groups excluding carboxylic acids is 1. The molecule has 0 aromatic carbocycles. The van der Waals surface area contributed by atoms with E-state index < -0.39 is 0 Å². The van der Waals surface area contributed by atoms with Gasteiger partial charge >= 0.3 is 0 Å². The monoisotopic (exact) mass is 352 g/mol. The van der Waals surface area contributed by atoms with Gasteiger partial charge in [0.15, 0.2) is 0 Å². The Balaban J connectivity index is 1.63. The Morgan fingerprint density at radius 1 is 1.35 bits per heavy atom. The molecular weight excluding hydrogens is 328 g/mol. The number of likely N-dealkylation sites (tertiary alicyclic amines) is 1. The number of pyridine rings is 1. The highest BCUT2D eigenvalue weighted by Crippen LogP contribution is 2.44. The Morgan fingerprint density at radius 3 is 3.08 bits per heavy atom. The van der Waals surface area contributed by atoms with Crippen LogP contribution in [0, 0.1) is 6.92 Å². The first-order valence-electron chi connectivity index (χ1n) is 9.33. The molecule has 1 aliphatic carbocycles. The van der Waals surface area contributed by atoms with Crippen molar-refractivity contribution in [3.63, 3.8) is 0 Å². The zero-order chi connectivity index (χ0) is 18.1. The predicted octanol–water partition coefficient (Wildman–Crippen LogP) is 2.70. The van der Waals surface area contributed by atoms with Gasteiger partial charge < -0.3 is 9.64 Å². The summed E-state index contributed by atoms with van der Waals surface area (Å²) < 4.78 is 5.56. The average Bonchev–Trinajstić information content (AvgIpc) is 2.99. The number of nitrogens with zero attached hydrogens (tertiary/aromatic N) is 4. The maximum absolute atomic E-state index is 13.2. The van der Waals surface area contributed by atoms with Crippen molar-refractivity contribution in [3.05, 3.63) is 47.2 Å². The van der Waals surface area contributed by atoms with E-state index in [0.717, 1.165) is 43.7 Å². The van der Waals surface area contributed by atoms with Crippen LogP contribution in [0.3, 0.4) is 0 Å². The molecular formula is C20H24N4O2. The topological polar surface area (TPSA) is 68.2 Å².